The number of rotatable bonds is 7. The van der Waals surface area contributed by atoms with Crippen LogP contribution < -0.4 is 9.47 Å². The fourth-order valence-corrected chi connectivity index (χ4v) is 5.15. The number of fused-ring (bicyclic) bond motifs is 2. The highest BCUT2D eigenvalue weighted by Crippen LogP contribution is 2.38. The van der Waals surface area contributed by atoms with Gasteiger partial charge in [-0.2, -0.15) is 0 Å². The number of likely N-dealkylation sites (tertiary alicyclic amines) is 1. The molecule has 3 heterocycles. The normalized spacial score (nSPS) is 17.4. The number of aromatic nitrogens is 1. The van der Waals surface area contributed by atoms with Gasteiger partial charge < -0.3 is 19.5 Å². The number of nitrogens with zero attached hydrogens (tertiary/aromatic N) is 2. The van der Waals surface area contributed by atoms with Crippen LogP contribution in [0.3, 0.4) is 0 Å². The third-order valence-electron chi connectivity index (χ3n) is 6.87. The predicted octanol–water partition coefficient (Wildman–Crippen LogP) is 5.70. The van der Waals surface area contributed by atoms with Crippen molar-refractivity contribution in [3.05, 3.63) is 94.3 Å². The molecule has 2 aromatic carbocycles. The second-order valence-corrected chi connectivity index (χ2v) is 9.53. The first-order valence-corrected chi connectivity index (χ1v) is 12.7. The quantitative estimate of drug-likeness (QED) is 0.460. The molecule has 0 atom stereocenters. The minimum absolute atomic E-state index is 0.0161. The lowest BCUT2D eigenvalue weighted by atomic mass is 9.89. The molecule has 0 unspecified atom stereocenters. The Labute approximate surface area is 212 Å². The Morgan fingerprint density at radius 3 is 2.71 bits per heavy atom. The summed E-state index contributed by atoms with van der Waals surface area (Å²) in [6.45, 7) is 3.92. The molecule has 0 radical (unpaired) electrons. The van der Waals surface area contributed by atoms with Crippen LogP contribution in [0.1, 0.15) is 47.6 Å². The molecule has 1 saturated heterocycles. The molecule has 5 rings (SSSR count). The maximum atomic E-state index is 9.15. The Balaban J connectivity index is 1.30. The maximum Gasteiger partial charge on any atom is 0.131 e. The first-order valence-electron chi connectivity index (χ1n) is 12.3. The van der Waals surface area contributed by atoms with Crippen molar-refractivity contribution in [2.45, 2.75) is 31.8 Å². The molecule has 5 nitrogen and oxygen atoms in total. The number of halogens is 1. The number of aliphatic hydroxyl groups is 1. The Hall–Kier alpha value is -2.86. The van der Waals surface area contributed by atoms with E-state index in [0.29, 0.717) is 12.5 Å². The molecular formula is C29H31ClN2O3. The molecule has 1 N–H and O–H groups in total. The van der Waals surface area contributed by atoms with Gasteiger partial charge in [0.05, 0.1) is 12.3 Å². The van der Waals surface area contributed by atoms with E-state index >= 15 is 0 Å². The predicted molar refractivity (Wildman–Crippen MR) is 139 cm³/mol. The number of hydrogen-bond donors (Lipinski definition) is 1. The highest BCUT2D eigenvalue weighted by molar-refractivity contribution is 6.30. The van der Waals surface area contributed by atoms with Crippen LogP contribution in [0.15, 0.2) is 66.9 Å². The van der Waals surface area contributed by atoms with Gasteiger partial charge in [0.25, 0.3) is 0 Å². The zero-order valence-corrected chi connectivity index (χ0v) is 20.6. The summed E-state index contributed by atoms with van der Waals surface area (Å²) in [6, 6.07) is 18.3. The standard InChI is InChI=1S/C29H31ClN2O3/c30-23-7-5-21(6-8-23)22-11-15-32(16-12-22)14-2-4-25-26-3-1-13-31-28(26)20-35-29-10-9-24(19-27(25)29)34-18-17-33/h1,3-10,13,19,22,33H,2,11-12,14-18,20H2/b25-4+. The van der Waals surface area contributed by atoms with Crippen molar-refractivity contribution in [2.24, 2.45) is 0 Å². The molecule has 1 fully saturated rings. The molecule has 35 heavy (non-hydrogen) atoms. The van der Waals surface area contributed by atoms with Crippen molar-refractivity contribution in [1.82, 2.24) is 9.88 Å². The van der Waals surface area contributed by atoms with E-state index in [4.69, 9.17) is 26.2 Å². The Kier molecular flexibility index (Phi) is 7.67. The SMILES string of the molecule is OCCOc1ccc2c(c1)/C(=C/CCN1CCC(c3ccc(Cl)cc3)CC1)c1cccnc1CO2. The van der Waals surface area contributed by atoms with E-state index in [9.17, 15) is 0 Å². The molecule has 2 aliphatic heterocycles. The van der Waals surface area contributed by atoms with Crippen LogP contribution in [0.5, 0.6) is 11.5 Å². The molecule has 182 valence electrons. The van der Waals surface area contributed by atoms with Crippen molar-refractivity contribution >= 4 is 17.2 Å². The highest BCUT2D eigenvalue weighted by Gasteiger charge is 2.22. The topological polar surface area (TPSA) is 54.8 Å². The Morgan fingerprint density at radius 2 is 1.91 bits per heavy atom. The van der Waals surface area contributed by atoms with Gasteiger partial charge in [-0.15, -0.1) is 0 Å². The number of aliphatic hydroxyl groups excluding tert-OH is 1. The van der Waals surface area contributed by atoms with Crippen molar-refractivity contribution in [3.63, 3.8) is 0 Å². The number of hydrogen-bond acceptors (Lipinski definition) is 5. The minimum atomic E-state index is -0.0161. The van der Waals surface area contributed by atoms with Gasteiger partial charge in [0.1, 0.15) is 24.7 Å². The lowest BCUT2D eigenvalue weighted by Gasteiger charge is -2.32. The lowest BCUT2D eigenvalue weighted by molar-refractivity contribution is 0.201. The van der Waals surface area contributed by atoms with E-state index in [2.05, 4.69) is 34.2 Å². The largest absolute Gasteiger partial charge is 0.491 e. The summed E-state index contributed by atoms with van der Waals surface area (Å²) in [4.78, 5) is 7.13. The molecule has 0 bridgehead atoms. The molecule has 1 aromatic heterocycles. The van der Waals surface area contributed by atoms with Gasteiger partial charge >= 0.3 is 0 Å². The van der Waals surface area contributed by atoms with Crippen LogP contribution in [0, 0.1) is 0 Å². The number of ether oxygens (including phenoxy) is 2. The highest BCUT2D eigenvalue weighted by atomic mass is 35.5. The zero-order valence-electron chi connectivity index (χ0n) is 19.8. The Bertz CT molecular complexity index is 1170. The summed E-state index contributed by atoms with van der Waals surface area (Å²) in [6.07, 6.45) is 7.42. The number of pyridine rings is 1. The monoisotopic (exact) mass is 490 g/mol. The van der Waals surface area contributed by atoms with Crippen molar-refractivity contribution in [3.8, 4) is 11.5 Å². The molecular weight excluding hydrogens is 460 g/mol. The van der Waals surface area contributed by atoms with Crippen LogP contribution in [0.4, 0.5) is 0 Å². The number of piperidine rings is 1. The third kappa shape index (κ3) is 5.69. The summed E-state index contributed by atoms with van der Waals surface area (Å²) in [5.74, 6) is 2.17. The van der Waals surface area contributed by atoms with E-state index in [1.807, 2.05) is 42.6 Å². The van der Waals surface area contributed by atoms with Gasteiger partial charge in [-0.3, -0.25) is 4.98 Å². The van der Waals surface area contributed by atoms with Crippen LogP contribution in [0.25, 0.3) is 5.57 Å². The van der Waals surface area contributed by atoms with Crippen LogP contribution in [0.2, 0.25) is 5.02 Å². The van der Waals surface area contributed by atoms with Gasteiger partial charge in [0.2, 0.25) is 0 Å². The molecule has 0 amide bonds. The number of benzene rings is 2. The van der Waals surface area contributed by atoms with Gasteiger partial charge in [0.15, 0.2) is 0 Å². The van der Waals surface area contributed by atoms with Crippen molar-refractivity contribution < 1.29 is 14.6 Å². The van der Waals surface area contributed by atoms with Crippen molar-refractivity contribution in [2.75, 3.05) is 32.8 Å². The van der Waals surface area contributed by atoms with Crippen molar-refractivity contribution in [1.29, 1.82) is 0 Å². The summed E-state index contributed by atoms with van der Waals surface area (Å²) >= 11 is 6.06. The van der Waals surface area contributed by atoms with E-state index in [-0.39, 0.29) is 13.2 Å². The molecule has 0 spiro atoms. The Morgan fingerprint density at radius 1 is 1.09 bits per heavy atom. The fraction of sp³-hybridized carbons (Fsp3) is 0.345. The zero-order chi connectivity index (χ0) is 24.0. The summed E-state index contributed by atoms with van der Waals surface area (Å²) in [7, 11) is 0. The fourth-order valence-electron chi connectivity index (χ4n) is 5.02. The van der Waals surface area contributed by atoms with Crippen LogP contribution >= 0.6 is 11.6 Å². The molecule has 0 saturated carbocycles. The van der Waals surface area contributed by atoms with Crippen LogP contribution in [-0.4, -0.2) is 47.8 Å². The first-order chi connectivity index (χ1) is 17.2. The smallest absolute Gasteiger partial charge is 0.131 e. The summed E-state index contributed by atoms with van der Waals surface area (Å²) < 4.78 is 11.8. The van der Waals surface area contributed by atoms with Gasteiger partial charge in [0, 0.05) is 28.9 Å². The minimum Gasteiger partial charge on any atom is -0.491 e. The van der Waals surface area contributed by atoms with E-state index in [1.165, 1.54) is 18.4 Å². The van der Waals surface area contributed by atoms with Gasteiger partial charge in [-0.05, 0) is 85.8 Å². The summed E-state index contributed by atoms with van der Waals surface area (Å²) in [5.41, 5.74) is 5.58. The van der Waals surface area contributed by atoms with Gasteiger partial charge in [-0.25, -0.2) is 0 Å². The summed E-state index contributed by atoms with van der Waals surface area (Å²) in [5, 5.41) is 9.95. The molecule has 0 aliphatic carbocycles. The van der Waals surface area contributed by atoms with E-state index < -0.39 is 0 Å². The average Bonchev–Trinajstić information content (AvgIpc) is 3.05. The third-order valence-corrected chi connectivity index (χ3v) is 7.12. The lowest BCUT2D eigenvalue weighted by Crippen LogP contribution is -2.33. The van der Waals surface area contributed by atoms with Gasteiger partial charge in [-0.1, -0.05) is 35.9 Å². The molecule has 3 aromatic rings. The van der Waals surface area contributed by atoms with E-state index in [0.717, 1.165) is 65.0 Å². The second-order valence-electron chi connectivity index (χ2n) is 9.09. The average molecular weight is 491 g/mol. The first kappa shape index (κ1) is 23.9. The molecule has 6 heteroatoms. The van der Waals surface area contributed by atoms with E-state index in [1.54, 1.807) is 0 Å². The maximum absolute atomic E-state index is 9.15. The molecule has 2 aliphatic rings. The van der Waals surface area contributed by atoms with Crippen LogP contribution in [-0.2, 0) is 6.61 Å². The second kappa shape index (κ2) is 11.3.